The molecule has 2 rings (SSSR count). The van der Waals surface area contributed by atoms with Gasteiger partial charge in [0.2, 0.25) is 0 Å². The third-order valence-electron chi connectivity index (χ3n) is 6.89. The molecule has 1 saturated heterocycles. The molecule has 1 aliphatic carbocycles. The van der Waals surface area contributed by atoms with Gasteiger partial charge in [-0.1, -0.05) is 41.2 Å². The summed E-state index contributed by atoms with van der Waals surface area (Å²) in [4.78, 5) is 24.6. The van der Waals surface area contributed by atoms with E-state index in [1.807, 2.05) is 6.92 Å². The first-order chi connectivity index (χ1) is 11.8. The molecule has 26 heavy (non-hydrogen) atoms. The SMILES string of the molecule is C=C1C(=O)O[C@@H]2CC(C)(CCC(CC)O[Si](C)(C)C(C)(C)C)C(=O)C[C@H]12. The van der Waals surface area contributed by atoms with Crippen LogP contribution in [0.2, 0.25) is 18.1 Å². The fraction of sp³-hybridized carbons (Fsp3) is 0.810. The molecule has 0 aromatic rings. The van der Waals surface area contributed by atoms with Gasteiger partial charge in [-0.3, -0.25) is 4.79 Å². The van der Waals surface area contributed by atoms with Crippen molar-refractivity contribution in [2.75, 3.05) is 0 Å². The summed E-state index contributed by atoms with van der Waals surface area (Å²) in [7, 11) is -1.82. The summed E-state index contributed by atoms with van der Waals surface area (Å²) in [6.45, 7) is 19.3. The Morgan fingerprint density at radius 3 is 2.50 bits per heavy atom. The third-order valence-corrected chi connectivity index (χ3v) is 11.4. The van der Waals surface area contributed by atoms with E-state index in [4.69, 9.17) is 9.16 Å². The van der Waals surface area contributed by atoms with Gasteiger partial charge in [0, 0.05) is 29.4 Å². The predicted molar refractivity (Wildman–Crippen MR) is 106 cm³/mol. The van der Waals surface area contributed by atoms with Crippen molar-refractivity contribution in [3.05, 3.63) is 12.2 Å². The maximum atomic E-state index is 12.8. The fourth-order valence-electron chi connectivity index (χ4n) is 3.77. The van der Waals surface area contributed by atoms with E-state index in [1.54, 1.807) is 0 Å². The van der Waals surface area contributed by atoms with Crippen LogP contribution < -0.4 is 0 Å². The Bertz CT molecular complexity index is 589. The Hall–Kier alpha value is -0.943. The Balaban J connectivity index is 2.02. The molecule has 148 valence electrons. The number of hydrogen-bond donors (Lipinski definition) is 0. The molecule has 2 fully saturated rings. The maximum Gasteiger partial charge on any atom is 0.334 e. The van der Waals surface area contributed by atoms with Crippen LogP contribution in [0.15, 0.2) is 12.2 Å². The molecule has 0 bridgehead atoms. The third kappa shape index (κ3) is 4.14. The van der Waals surface area contributed by atoms with E-state index in [-0.39, 0.29) is 34.9 Å². The van der Waals surface area contributed by atoms with E-state index in [0.29, 0.717) is 18.4 Å². The first kappa shape index (κ1) is 21.4. The molecule has 0 amide bonds. The molecule has 1 heterocycles. The Morgan fingerprint density at radius 1 is 1.35 bits per heavy atom. The van der Waals surface area contributed by atoms with Crippen molar-refractivity contribution in [1.82, 2.24) is 0 Å². The molecule has 0 aromatic heterocycles. The highest BCUT2D eigenvalue weighted by atomic mass is 28.4. The number of carbonyl (C=O) groups excluding carboxylic acids is 2. The van der Waals surface area contributed by atoms with Crippen LogP contribution in [0.4, 0.5) is 0 Å². The van der Waals surface area contributed by atoms with Gasteiger partial charge in [0.1, 0.15) is 11.9 Å². The second-order valence-corrected chi connectivity index (χ2v) is 14.7. The summed E-state index contributed by atoms with van der Waals surface area (Å²) in [6, 6.07) is 0. The van der Waals surface area contributed by atoms with Crippen LogP contribution in [0.3, 0.4) is 0 Å². The lowest BCUT2D eigenvalue weighted by molar-refractivity contribution is -0.146. The van der Waals surface area contributed by atoms with E-state index >= 15 is 0 Å². The van der Waals surface area contributed by atoms with E-state index in [9.17, 15) is 9.59 Å². The van der Waals surface area contributed by atoms with Crippen LogP contribution in [0.25, 0.3) is 0 Å². The van der Waals surface area contributed by atoms with Crippen LogP contribution in [0, 0.1) is 11.3 Å². The highest BCUT2D eigenvalue weighted by Crippen LogP contribution is 2.46. The first-order valence-corrected chi connectivity index (χ1v) is 12.8. The maximum absolute atomic E-state index is 12.8. The van der Waals surface area contributed by atoms with Gasteiger partial charge in [-0.15, -0.1) is 0 Å². The van der Waals surface area contributed by atoms with Gasteiger partial charge in [-0.2, -0.15) is 0 Å². The number of ether oxygens (including phenoxy) is 1. The van der Waals surface area contributed by atoms with E-state index < -0.39 is 13.7 Å². The van der Waals surface area contributed by atoms with Crippen molar-refractivity contribution in [3.8, 4) is 0 Å². The zero-order valence-corrected chi connectivity index (χ0v) is 18.6. The summed E-state index contributed by atoms with van der Waals surface area (Å²) in [6.07, 6.45) is 3.60. The molecule has 0 radical (unpaired) electrons. The summed E-state index contributed by atoms with van der Waals surface area (Å²) in [5.41, 5.74) is 0.0362. The van der Waals surface area contributed by atoms with Gasteiger partial charge in [0.25, 0.3) is 0 Å². The zero-order chi connectivity index (χ0) is 19.9. The fourth-order valence-corrected chi connectivity index (χ4v) is 5.25. The minimum atomic E-state index is -1.82. The van der Waals surface area contributed by atoms with Crippen molar-refractivity contribution < 1.29 is 18.8 Å². The molecule has 4 nitrogen and oxygen atoms in total. The van der Waals surface area contributed by atoms with E-state index in [2.05, 4.69) is 47.4 Å². The average molecular weight is 381 g/mol. The quantitative estimate of drug-likeness (QED) is 0.368. The Kier molecular flexibility index (Phi) is 5.94. The second kappa shape index (κ2) is 7.23. The van der Waals surface area contributed by atoms with Crippen molar-refractivity contribution in [2.45, 2.75) is 97.1 Å². The molecule has 5 heteroatoms. The largest absolute Gasteiger partial charge is 0.458 e. The zero-order valence-electron chi connectivity index (χ0n) is 17.6. The molecule has 2 unspecified atom stereocenters. The predicted octanol–water partition coefficient (Wildman–Crippen LogP) is 5.03. The minimum absolute atomic E-state index is 0.117. The van der Waals surface area contributed by atoms with E-state index in [1.165, 1.54) is 0 Å². The van der Waals surface area contributed by atoms with Crippen LogP contribution in [0.1, 0.15) is 66.7 Å². The highest BCUT2D eigenvalue weighted by Gasteiger charge is 2.51. The van der Waals surface area contributed by atoms with Crippen LogP contribution in [0.5, 0.6) is 0 Å². The van der Waals surface area contributed by atoms with Crippen molar-refractivity contribution in [2.24, 2.45) is 11.3 Å². The summed E-state index contributed by atoms with van der Waals surface area (Å²) in [5.74, 6) is -0.210. The molecular formula is C21H36O4Si. The number of ketones is 1. The van der Waals surface area contributed by atoms with Gasteiger partial charge in [-0.05, 0) is 43.8 Å². The number of carbonyl (C=O) groups is 2. The number of hydrogen-bond acceptors (Lipinski definition) is 4. The molecule has 1 aliphatic heterocycles. The molecule has 1 saturated carbocycles. The number of fused-ring (bicyclic) bond motifs is 1. The topological polar surface area (TPSA) is 52.6 Å². The standard InChI is InChI=1S/C21H36O4Si/c1-9-15(25-26(7,8)20(3,4)5)10-11-21(6)13-17-16(12-18(21)22)14(2)19(23)24-17/h15-17H,2,9-13H2,1,3-8H3/t15?,16-,17-,21?/m1/s1. The molecule has 0 N–H and O–H groups in total. The lowest BCUT2D eigenvalue weighted by Crippen LogP contribution is -2.45. The van der Waals surface area contributed by atoms with Crippen molar-refractivity contribution in [3.63, 3.8) is 0 Å². The molecule has 4 atom stereocenters. The van der Waals surface area contributed by atoms with Gasteiger partial charge in [0.05, 0.1) is 0 Å². The van der Waals surface area contributed by atoms with E-state index in [0.717, 1.165) is 19.3 Å². The van der Waals surface area contributed by atoms with Gasteiger partial charge >= 0.3 is 5.97 Å². The number of esters is 1. The van der Waals surface area contributed by atoms with Crippen molar-refractivity contribution in [1.29, 1.82) is 0 Å². The molecule has 0 spiro atoms. The summed E-state index contributed by atoms with van der Waals surface area (Å²) >= 11 is 0. The molecular weight excluding hydrogens is 344 g/mol. The van der Waals surface area contributed by atoms with Crippen LogP contribution in [-0.2, 0) is 18.8 Å². The summed E-state index contributed by atoms with van der Waals surface area (Å²) in [5, 5.41) is 0.177. The lowest BCUT2D eigenvalue weighted by Gasteiger charge is -2.41. The minimum Gasteiger partial charge on any atom is -0.458 e. The Labute approximate surface area is 159 Å². The van der Waals surface area contributed by atoms with Gasteiger partial charge in [0.15, 0.2) is 8.32 Å². The monoisotopic (exact) mass is 380 g/mol. The molecule has 0 aromatic carbocycles. The lowest BCUT2D eigenvalue weighted by atomic mass is 9.66. The normalized spacial score (nSPS) is 31.0. The average Bonchev–Trinajstić information content (AvgIpc) is 2.77. The van der Waals surface area contributed by atoms with Gasteiger partial charge < -0.3 is 9.16 Å². The molecule has 2 aliphatic rings. The van der Waals surface area contributed by atoms with Gasteiger partial charge in [-0.25, -0.2) is 4.79 Å². The smallest absolute Gasteiger partial charge is 0.334 e. The summed E-state index contributed by atoms with van der Waals surface area (Å²) < 4.78 is 12.0. The van der Waals surface area contributed by atoms with Crippen LogP contribution >= 0.6 is 0 Å². The Morgan fingerprint density at radius 2 is 1.96 bits per heavy atom. The second-order valence-electron chi connectivity index (χ2n) is 9.91. The number of rotatable bonds is 6. The van der Waals surface area contributed by atoms with Crippen molar-refractivity contribution >= 4 is 20.1 Å². The van der Waals surface area contributed by atoms with Crippen LogP contribution in [-0.4, -0.2) is 32.3 Å². The first-order valence-electron chi connectivity index (χ1n) is 9.91. The highest BCUT2D eigenvalue weighted by molar-refractivity contribution is 6.74. The number of Topliss-reactive ketones (excluding diaryl/α,β-unsaturated/α-hetero) is 1.